The molecule has 3 N–H and O–H groups in total. The molecule has 0 aromatic heterocycles. The smallest absolute Gasteiger partial charge is 0.407 e. The number of carbonyl (C=O) groups excluding carboxylic acids is 1. The van der Waals surface area contributed by atoms with Crippen molar-refractivity contribution < 1.29 is 19.7 Å². The van der Waals surface area contributed by atoms with Gasteiger partial charge in [0.15, 0.2) is 0 Å². The van der Waals surface area contributed by atoms with Crippen molar-refractivity contribution in [2.45, 2.75) is 49.8 Å². The second-order valence-electron chi connectivity index (χ2n) is 5.37. The number of hydrogen-bond acceptors (Lipinski definition) is 4. The van der Waals surface area contributed by atoms with Crippen molar-refractivity contribution in [3.05, 3.63) is 0 Å². The number of amides is 1. The fraction of sp³-hybridized carbons (Fsp3) is 0.909. The van der Waals surface area contributed by atoms with Gasteiger partial charge in [-0.15, -0.1) is 0 Å². The first-order valence-corrected chi connectivity index (χ1v) is 6.58. The van der Waals surface area contributed by atoms with Crippen LogP contribution in [0.2, 0.25) is 0 Å². The van der Waals surface area contributed by atoms with E-state index in [1.54, 1.807) is 20.8 Å². The molecule has 1 amide bonds. The molecule has 0 radical (unpaired) electrons. The Bertz CT molecular complexity index is 279. The van der Waals surface area contributed by atoms with Gasteiger partial charge in [0.2, 0.25) is 0 Å². The topological polar surface area (TPSA) is 78.8 Å². The molecule has 1 aliphatic carbocycles. The molecule has 0 heterocycles. The van der Waals surface area contributed by atoms with Crippen molar-refractivity contribution in [1.82, 2.24) is 5.32 Å². The summed E-state index contributed by atoms with van der Waals surface area (Å²) in [5.74, 6) is -0.209. The molecule has 1 aliphatic rings. The standard InChI is InChI=1S/C11H20BrNO4/c1-11(2,3)17-10(16)13-7-4-6(5-14)9(15)8(7)12/h6-9,14-15H,4-5H2,1-3H3,(H,13,16)/t6-,7+,8?,9+/m0/s1. The number of hydrogen-bond donors (Lipinski definition) is 3. The molecule has 1 saturated carbocycles. The van der Waals surface area contributed by atoms with Crippen molar-refractivity contribution in [2.24, 2.45) is 5.92 Å². The van der Waals surface area contributed by atoms with Crippen LogP contribution in [0.3, 0.4) is 0 Å². The Balaban J connectivity index is 2.50. The molecule has 4 atom stereocenters. The van der Waals surface area contributed by atoms with Crippen LogP contribution in [-0.4, -0.2) is 45.5 Å². The summed E-state index contributed by atoms with van der Waals surface area (Å²) in [6, 6.07) is -0.225. The number of rotatable bonds is 2. The van der Waals surface area contributed by atoms with E-state index in [1.165, 1.54) is 0 Å². The number of carbonyl (C=O) groups is 1. The lowest BCUT2D eigenvalue weighted by atomic mass is 10.1. The fourth-order valence-electron chi connectivity index (χ4n) is 1.87. The molecule has 0 spiro atoms. The average Bonchev–Trinajstić information content (AvgIpc) is 2.43. The molecule has 0 aromatic rings. The monoisotopic (exact) mass is 309 g/mol. The van der Waals surface area contributed by atoms with Crippen LogP contribution in [0.25, 0.3) is 0 Å². The van der Waals surface area contributed by atoms with Gasteiger partial charge < -0.3 is 20.3 Å². The summed E-state index contributed by atoms with van der Waals surface area (Å²) in [7, 11) is 0. The van der Waals surface area contributed by atoms with Crippen LogP contribution < -0.4 is 5.32 Å². The highest BCUT2D eigenvalue weighted by Crippen LogP contribution is 2.31. The SMILES string of the molecule is CC(C)(C)OC(=O)N[C@@H]1C[C@@H](CO)[C@@H](O)C1Br. The van der Waals surface area contributed by atoms with Crippen LogP contribution in [-0.2, 0) is 4.74 Å². The number of aliphatic hydroxyl groups is 2. The van der Waals surface area contributed by atoms with E-state index in [0.717, 1.165) is 0 Å². The quantitative estimate of drug-likeness (QED) is 0.665. The summed E-state index contributed by atoms with van der Waals surface area (Å²) in [6.07, 6.45) is -0.620. The summed E-state index contributed by atoms with van der Waals surface area (Å²) < 4.78 is 5.14. The molecule has 1 fully saturated rings. The minimum Gasteiger partial charge on any atom is -0.444 e. The van der Waals surface area contributed by atoms with Crippen molar-refractivity contribution in [3.63, 3.8) is 0 Å². The second kappa shape index (κ2) is 5.54. The third kappa shape index (κ3) is 4.12. The van der Waals surface area contributed by atoms with Gasteiger partial charge in [-0.2, -0.15) is 0 Å². The Morgan fingerprint density at radius 3 is 2.53 bits per heavy atom. The maximum Gasteiger partial charge on any atom is 0.407 e. The van der Waals surface area contributed by atoms with Crippen molar-refractivity contribution >= 4 is 22.0 Å². The number of ether oxygens (including phenoxy) is 1. The first-order chi connectivity index (χ1) is 7.74. The molecule has 1 unspecified atom stereocenters. The van der Waals surface area contributed by atoms with Gasteiger partial charge in [0.25, 0.3) is 0 Å². The lowest BCUT2D eigenvalue weighted by molar-refractivity contribution is 0.0504. The van der Waals surface area contributed by atoms with E-state index >= 15 is 0 Å². The summed E-state index contributed by atoms with van der Waals surface area (Å²) >= 11 is 3.33. The Kier molecular flexibility index (Phi) is 4.80. The maximum absolute atomic E-state index is 11.6. The van der Waals surface area contributed by atoms with Gasteiger partial charge >= 0.3 is 6.09 Å². The Morgan fingerprint density at radius 2 is 2.12 bits per heavy atom. The summed E-state index contributed by atoms with van der Waals surface area (Å²) in [5, 5.41) is 21.5. The lowest BCUT2D eigenvalue weighted by Gasteiger charge is -2.23. The zero-order valence-electron chi connectivity index (χ0n) is 10.3. The first kappa shape index (κ1) is 14.7. The van der Waals surface area contributed by atoms with Crippen LogP contribution in [0.4, 0.5) is 4.79 Å². The van der Waals surface area contributed by atoms with Crippen molar-refractivity contribution in [3.8, 4) is 0 Å². The van der Waals surface area contributed by atoms with Gasteiger partial charge in [-0.1, -0.05) is 15.9 Å². The fourth-order valence-corrected chi connectivity index (χ4v) is 2.65. The molecule has 0 bridgehead atoms. The van der Waals surface area contributed by atoms with E-state index < -0.39 is 17.8 Å². The van der Waals surface area contributed by atoms with Crippen LogP contribution in [0, 0.1) is 5.92 Å². The third-order valence-electron chi connectivity index (χ3n) is 2.69. The van der Waals surface area contributed by atoms with Crippen LogP contribution in [0.1, 0.15) is 27.2 Å². The molecule has 1 rings (SSSR count). The van der Waals surface area contributed by atoms with Crippen LogP contribution >= 0.6 is 15.9 Å². The van der Waals surface area contributed by atoms with Crippen molar-refractivity contribution in [1.29, 1.82) is 0 Å². The second-order valence-corrected chi connectivity index (χ2v) is 6.42. The minimum absolute atomic E-state index is 0.0875. The summed E-state index contributed by atoms with van der Waals surface area (Å²) in [6.45, 7) is 5.28. The molecule has 5 nitrogen and oxygen atoms in total. The zero-order valence-corrected chi connectivity index (χ0v) is 11.9. The number of halogens is 1. The Labute approximate surface area is 110 Å². The maximum atomic E-state index is 11.6. The van der Waals surface area contributed by atoms with Gasteiger partial charge in [0.1, 0.15) is 5.60 Å². The number of nitrogens with one attached hydrogen (secondary N) is 1. The zero-order chi connectivity index (χ0) is 13.2. The molecule has 17 heavy (non-hydrogen) atoms. The lowest BCUT2D eigenvalue weighted by Crippen LogP contribution is -2.42. The molecule has 0 aromatic carbocycles. The Hall–Kier alpha value is -0.330. The molecular weight excluding hydrogens is 290 g/mol. The summed E-state index contributed by atoms with van der Waals surface area (Å²) in [4.78, 5) is 11.3. The summed E-state index contributed by atoms with van der Waals surface area (Å²) in [5.41, 5.74) is -0.542. The highest BCUT2D eigenvalue weighted by Gasteiger charge is 2.41. The van der Waals surface area contributed by atoms with Gasteiger partial charge in [0, 0.05) is 18.6 Å². The predicted octanol–water partition coefficient (Wildman–Crippen LogP) is 1.02. The number of aliphatic hydroxyl groups excluding tert-OH is 2. The van der Waals surface area contributed by atoms with Gasteiger partial charge in [0.05, 0.1) is 10.9 Å². The van der Waals surface area contributed by atoms with E-state index in [4.69, 9.17) is 9.84 Å². The Morgan fingerprint density at radius 1 is 1.53 bits per heavy atom. The van der Waals surface area contributed by atoms with Crippen LogP contribution in [0.5, 0.6) is 0 Å². The van der Waals surface area contributed by atoms with Crippen molar-refractivity contribution in [2.75, 3.05) is 6.61 Å². The molecule has 0 aliphatic heterocycles. The van der Waals surface area contributed by atoms with Gasteiger partial charge in [-0.25, -0.2) is 4.79 Å². The highest BCUT2D eigenvalue weighted by atomic mass is 79.9. The van der Waals surface area contributed by atoms with Gasteiger partial charge in [-0.05, 0) is 27.2 Å². The van der Waals surface area contributed by atoms with E-state index in [9.17, 15) is 9.90 Å². The number of alkyl carbamates (subject to hydrolysis) is 1. The predicted molar refractivity (Wildman–Crippen MR) is 67.1 cm³/mol. The van der Waals surface area contributed by atoms with Gasteiger partial charge in [-0.3, -0.25) is 0 Å². The first-order valence-electron chi connectivity index (χ1n) is 5.67. The minimum atomic E-state index is -0.653. The van der Waals surface area contributed by atoms with Crippen LogP contribution in [0.15, 0.2) is 0 Å². The highest BCUT2D eigenvalue weighted by molar-refractivity contribution is 9.09. The molecule has 0 saturated heterocycles. The molecule has 100 valence electrons. The number of alkyl halides is 1. The molecule has 6 heteroatoms. The van der Waals surface area contributed by atoms with E-state index in [2.05, 4.69) is 21.2 Å². The normalized spacial score (nSPS) is 33.5. The third-order valence-corrected chi connectivity index (χ3v) is 3.87. The average molecular weight is 310 g/mol. The molecular formula is C11H20BrNO4. The largest absolute Gasteiger partial charge is 0.444 e. The van der Waals surface area contributed by atoms with E-state index in [-0.39, 0.29) is 23.4 Å². The van der Waals surface area contributed by atoms with E-state index in [0.29, 0.717) is 6.42 Å². The van der Waals surface area contributed by atoms with E-state index in [1.807, 2.05) is 0 Å².